The van der Waals surface area contributed by atoms with Crippen molar-refractivity contribution >= 4 is 11.9 Å². The van der Waals surface area contributed by atoms with Crippen molar-refractivity contribution in [1.82, 2.24) is 9.55 Å². The van der Waals surface area contributed by atoms with Gasteiger partial charge in [-0.3, -0.25) is 9.59 Å². The van der Waals surface area contributed by atoms with Crippen LogP contribution in [0.4, 0.5) is 0 Å². The average Bonchev–Trinajstić information content (AvgIpc) is 3.04. The summed E-state index contributed by atoms with van der Waals surface area (Å²) >= 11 is 0. The molecule has 1 heterocycles. The zero-order chi connectivity index (χ0) is 21.3. The van der Waals surface area contributed by atoms with Gasteiger partial charge in [-0.1, -0.05) is 57.1 Å². The van der Waals surface area contributed by atoms with E-state index in [2.05, 4.69) is 17.1 Å². The molecule has 0 aliphatic rings. The molecule has 0 unspecified atom stereocenters. The van der Waals surface area contributed by atoms with Crippen molar-refractivity contribution in [2.24, 2.45) is 12.8 Å². The summed E-state index contributed by atoms with van der Waals surface area (Å²) in [5.74, 6) is -1.08. The van der Waals surface area contributed by atoms with E-state index >= 15 is 0 Å². The second-order valence-electron chi connectivity index (χ2n) is 7.85. The minimum Gasteiger partial charge on any atom is -0.481 e. The number of nitrogens with zero attached hydrogens (tertiary/aromatic N) is 2. The predicted octanol–water partition coefficient (Wildman–Crippen LogP) is 5.16. The lowest BCUT2D eigenvalue weighted by molar-refractivity contribution is -0.137. The highest BCUT2D eigenvalue weighted by Gasteiger charge is 2.13. The van der Waals surface area contributed by atoms with Crippen LogP contribution in [0.1, 0.15) is 106 Å². The number of aryl methyl sites for hydroxylation is 2. The van der Waals surface area contributed by atoms with Crippen LogP contribution < -0.4 is 5.73 Å². The number of primary amides is 1. The lowest BCUT2D eigenvalue weighted by atomic mass is 10.1. The number of nitrogens with two attached hydrogens (primary N) is 1. The second kappa shape index (κ2) is 15.8. The van der Waals surface area contributed by atoms with Crippen molar-refractivity contribution in [3.8, 4) is 0 Å². The van der Waals surface area contributed by atoms with Crippen LogP contribution in [-0.4, -0.2) is 26.5 Å². The molecule has 1 aromatic rings. The van der Waals surface area contributed by atoms with E-state index in [1.807, 2.05) is 0 Å². The van der Waals surface area contributed by atoms with Crippen LogP contribution >= 0.6 is 0 Å². The van der Waals surface area contributed by atoms with Gasteiger partial charge in [0.05, 0.1) is 12.0 Å². The van der Waals surface area contributed by atoms with E-state index in [9.17, 15) is 9.59 Å². The smallest absolute Gasteiger partial charge is 0.303 e. The Morgan fingerprint density at radius 1 is 0.931 bits per heavy atom. The first-order chi connectivity index (χ1) is 14.0. The Bertz CT molecular complexity index is 623. The molecular weight excluding hydrogens is 366 g/mol. The molecule has 0 aliphatic carbocycles. The van der Waals surface area contributed by atoms with Gasteiger partial charge in [0.1, 0.15) is 5.69 Å². The molecule has 29 heavy (non-hydrogen) atoms. The number of imidazole rings is 1. The SMILES string of the molecule is Cn1cnc(CCCCCCCC/C=C\CCCCCCCC(=O)O)c1C(N)=O. The zero-order valence-corrected chi connectivity index (χ0v) is 18.1. The van der Waals surface area contributed by atoms with E-state index < -0.39 is 11.9 Å². The number of unbranched alkanes of at least 4 members (excludes halogenated alkanes) is 11. The molecule has 1 amide bonds. The number of carboxylic acid groups (broad SMARTS) is 1. The van der Waals surface area contributed by atoms with Gasteiger partial charge < -0.3 is 15.4 Å². The Hall–Kier alpha value is -2.11. The Morgan fingerprint density at radius 3 is 2.00 bits per heavy atom. The Morgan fingerprint density at radius 2 is 1.45 bits per heavy atom. The van der Waals surface area contributed by atoms with Gasteiger partial charge in [-0.25, -0.2) is 4.98 Å². The van der Waals surface area contributed by atoms with Crippen LogP contribution in [0.2, 0.25) is 0 Å². The molecule has 0 atom stereocenters. The summed E-state index contributed by atoms with van der Waals surface area (Å²) in [4.78, 5) is 26.1. The van der Waals surface area contributed by atoms with Gasteiger partial charge in [-0.15, -0.1) is 0 Å². The van der Waals surface area contributed by atoms with Gasteiger partial charge in [0.25, 0.3) is 5.91 Å². The first kappa shape index (κ1) is 24.9. The van der Waals surface area contributed by atoms with E-state index in [0.29, 0.717) is 12.1 Å². The normalized spacial score (nSPS) is 11.3. The maximum Gasteiger partial charge on any atom is 0.303 e. The lowest BCUT2D eigenvalue weighted by Crippen LogP contribution is -2.17. The number of aromatic nitrogens is 2. The number of hydrogen-bond donors (Lipinski definition) is 2. The number of rotatable bonds is 18. The van der Waals surface area contributed by atoms with Gasteiger partial charge in [-0.05, 0) is 44.9 Å². The van der Waals surface area contributed by atoms with E-state index in [1.165, 1.54) is 38.5 Å². The topological polar surface area (TPSA) is 98.2 Å². The lowest BCUT2D eigenvalue weighted by Gasteiger charge is -2.03. The summed E-state index contributed by atoms with van der Waals surface area (Å²) in [5, 5.41) is 8.57. The van der Waals surface area contributed by atoms with Crippen molar-refractivity contribution in [3.05, 3.63) is 29.9 Å². The van der Waals surface area contributed by atoms with E-state index in [0.717, 1.165) is 57.1 Å². The predicted molar refractivity (Wildman–Crippen MR) is 117 cm³/mol. The summed E-state index contributed by atoms with van der Waals surface area (Å²) in [6.07, 6.45) is 22.3. The molecule has 6 heteroatoms. The molecule has 1 rings (SSSR count). The summed E-state index contributed by atoms with van der Waals surface area (Å²) < 4.78 is 1.70. The number of carbonyl (C=O) groups excluding carboxylic acids is 1. The summed E-state index contributed by atoms with van der Waals surface area (Å²) in [7, 11) is 1.80. The molecule has 0 fully saturated rings. The number of carboxylic acids is 1. The third-order valence-corrected chi connectivity index (χ3v) is 5.21. The van der Waals surface area contributed by atoms with Crippen LogP contribution in [0.3, 0.4) is 0 Å². The molecule has 0 bridgehead atoms. The van der Waals surface area contributed by atoms with Crippen LogP contribution in [0.5, 0.6) is 0 Å². The fraction of sp³-hybridized carbons (Fsp3) is 0.696. The summed E-state index contributed by atoms with van der Waals surface area (Å²) in [6, 6.07) is 0. The number of aliphatic carboxylic acids is 1. The minimum absolute atomic E-state index is 0.306. The molecule has 0 spiro atoms. The van der Waals surface area contributed by atoms with Gasteiger partial charge in [-0.2, -0.15) is 0 Å². The third-order valence-electron chi connectivity index (χ3n) is 5.21. The number of hydrogen-bond acceptors (Lipinski definition) is 3. The van der Waals surface area contributed by atoms with Gasteiger partial charge >= 0.3 is 5.97 Å². The number of amides is 1. The highest BCUT2D eigenvalue weighted by Crippen LogP contribution is 2.13. The van der Waals surface area contributed by atoms with Crippen molar-refractivity contribution in [2.75, 3.05) is 0 Å². The number of allylic oxidation sites excluding steroid dienone is 2. The Kier molecular flexibility index (Phi) is 13.6. The molecular formula is C23H39N3O3. The largest absolute Gasteiger partial charge is 0.481 e. The average molecular weight is 406 g/mol. The van der Waals surface area contributed by atoms with Crippen molar-refractivity contribution < 1.29 is 14.7 Å². The van der Waals surface area contributed by atoms with Crippen LogP contribution in [-0.2, 0) is 18.3 Å². The van der Waals surface area contributed by atoms with Crippen molar-refractivity contribution in [1.29, 1.82) is 0 Å². The molecule has 0 aromatic carbocycles. The molecule has 0 saturated carbocycles. The van der Waals surface area contributed by atoms with E-state index in [1.54, 1.807) is 17.9 Å². The highest BCUT2D eigenvalue weighted by atomic mass is 16.4. The maximum absolute atomic E-state index is 11.4. The monoisotopic (exact) mass is 405 g/mol. The van der Waals surface area contributed by atoms with Gasteiger partial charge in [0.15, 0.2) is 0 Å². The van der Waals surface area contributed by atoms with Crippen LogP contribution in [0, 0.1) is 0 Å². The van der Waals surface area contributed by atoms with Crippen molar-refractivity contribution in [3.63, 3.8) is 0 Å². The summed E-state index contributed by atoms with van der Waals surface area (Å²) in [6.45, 7) is 0. The molecule has 1 aromatic heterocycles. The summed E-state index contributed by atoms with van der Waals surface area (Å²) in [5.41, 5.74) is 6.77. The van der Waals surface area contributed by atoms with E-state index in [4.69, 9.17) is 10.8 Å². The minimum atomic E-state index is -0.684. The van der Waals surface area contributed by atoms with E-state index in [-0.39, 0.29) is 0 Å². The zero-order valence-electron chi connectivity index (χ0n) is 18.1. The molecule has 3 N–H and O–H groups in total. The molecule has 0 aliphatic heterocycles. The highest BCUT2D eigenvalue weighted by molar-refractivity contribution is 5.92. The fourth-order valence-electron chi connectivity index (χ4n) is 3.54. The van der Waals surface area contributed by atoms with Crippen LogP contribution in [0.25, 0.3) is 0 Å². The molecule has 0 radical (unpaired) electrons. The van der Waals surface area contributed by atoms with Gasteiger partial charge in [0.2, 0.25) is 0 Å². The Balaban J connectivity index is 1.88. The second-order valence-corrected chi connectivity index (χ2v) is 7.85. The Labute approximate surface area is 175 Å². The standard InChI is InChI=1S/C23H39N3O3/c1-26-19-25-20(22(26)23(24)29)17-15-13-11-9-7-5-3-2-4-6-8-10-12-14-16-18-21(27)28/h2,4,19H,3,5-18H2,1H3,(H2,24,29)(H,27,28)/b4-2-. The first-order valence-electron chi connectivity index (χ1n) is 11.2. The molecule has 6 nitrogen and oxygen atoms in total. The quantitative estimate of drug-likeness (QED) is 0.260. The third kappa shape index (κ3) is 12.1. The molecule has 0 saturated heterocycles. The maximum atomic E-state index is 11.4. The van der Waals surface area contributed by atoms with Crippen molar-refractivity contribution in [2.45, 2.75) is 96.3 Å². The molecule has 164 valence electrons. The number of carbonyl (C=O) groups is 2. The fourth-order valence-corrected chi connectivity index (χ4v) is 3.54. The van der Waals surface area contributed by atoms with Crippen LogP contribution in [0.15, 0.2) is 18.5 Å². The first-order valence-corrected chi connectivity index (χ1v) is 11.2. The van der Waals surface area contributed by atoms with Gasteiger partial charge in [0, 0.05) is 13.5 Å².